The molecule has 0 saturated heterocycles. The van der Waals surface area contributed by atoms with Crippen LogP contribution in [0.15, 0.2) is 0 Å². The van der Waals surface area contributed by atoms with Crippen molar-refractivity contribution in [2.45, 2.75) is 44.0 Å². The van der Waals surface area contributed by atoms with Crippen LogP contribution in [0.3, 0.4) is 0 Å². The minimum absolute atomic E-state index is 0.174. The summed E-state index contributed by atoms with van der Waals surface area (Å²) in [5.74, 6) is -4.54. The van der Waals surface area contributed by atoms with Crippen LogP contribution in [0.25, 0.3) is 0 Å². The fourth-order valence-electron chi connectivity index (χ4n) is 1.53. The lowest BCUT2D eigenvalue weighted by atomic mass is 10.1. The molecule has 11 nitrogen and oxygen atoms in total. The van der Waals surface area contributed by atoms with Crippen molar-refractivity contribution in [3.63, 3.8) is 0 Å². The molecule has 0 heterocycles. The van der Waals surface area contributed by atoms with Crippen LogP contribution in [0.1, 0.15) is 19.8 Å². The Kier molecular flexibility index (Phi) is 8.77. The first kappa shape index (κ1) is 20.8. The Morgan fingerprint density at radius 3 is 2.04 bits per heavy atom. The second kappa shape index (κ2) is 9.71. The fraction of sp³-hybridized carbons (Fsp3) is 0.667. The number of aliphatic carboxylic acids is 2. The monoisotopic (exact) mass is 335 g/mol. The zero-order valence-corrected chi connectivity index (χ0v) is 12.4. The van der Waals surface area contributed by atoms with Crippen LogP contribution in [-0.4, -0.2) is 75.0 Å². The second-order valence-electron chi connectivity index (χ2n) is 4.85. The van der Waals surface area contributed by atoms with Crippen molar-refractivity contribution in [2.24, 2.45) is 5.73 Å². The van der Waals surface area contributed by atoms with Gasteiger partial charge in [-0.15, -0.1) is 0 Å². The Labute approximate surface area is 131 Å². The van der Waals surface area contributed by atoms with Crippen LogP contribution in [0.2, 0.25) is 0 Å². The molecule has 0 unspecified atom stereocenters. The highest BCUT2D eigenvalue weighted by atomic mass is 16.4. The topological polar surface area (TPSA) is 199 Å². The average molecular weight is 335 g/mol. The molecule has 0 bridgehead atoms. The number of carbonyl (C=O) groups excluding carboxylic acids is 2. The van der Waals surface area contributed by atoms with Gasteiger partial charge in [0.15, 0.2) is 6.04 Å². The summed E-state index contributed by atoms with van der Waals surface area (Å²) >= 11 is 0. The van der Waals surface area contributed by atoms with Crippen LogP contribution in [0.5, 0.6) is 0 Å². The normalized spacial score (nSPS) is 15.8. The maximum absolute atomic E-state index is 11.8. The summed E-state index contributed by atoms with van der Waals surface area (Å²) in [4.78, 5) is 44.8. The van der Waals surface area contributed by atoms with Crippen LogP contribution in [0.4, 0.5) is 0 Å². The zero-order valence-electron chi connectivity index (χ0n) is 12.4. The lowest BCUT2D eigenvalue weighted by molar-refractivity contribution is -0.145. The maximum atomic E-state index is 11.8. The SMILES string of the molecule is C[C@@H](O)[C@H](NC(=O)[C@@H](CO)NC(=O)[C@@H](N)CCC(=O)O)C(=O)O. The molecule has 0 aliphatic rings. The molecule has 0 aromatic rings. The third-order valence-corrected chi connectivity index (χ3v) is 2.87. The summed E-state index contributed by atoms with van der Waals surface area (Å²) in [6.07, 6.45) is -1.93. The number of rotatable bonds is 10. The van der Waals surface area contributed by atoms with E-state index >= 15 is 0 Å². The number of aliphatic hydroxyl groups excluding tert-OH is 2. The zero-order chi connectivity index (χ0) is 18.2. The van der Waals surface area contributed by atoms with Crippen molar-refractivity contribution >= 4 is 23.8 Å². The first-order chi connectivity index (χ1) is 10.6. The molecular formula is C12H21N3O8. The van der Waals surface area contributed by atoms with Gasteiger partial charge in [-0.25, -0.2) is 4.79 Å². The number of hydrogen-bond donors (Lipinski definition) is 7. The molecule has 0 aromatic carbocycles. The molecule has 0 radical (unpaired) electrons. The summed E-state index contributed by atoms with van der Waals surface area (Å²) in [5.41, 5.74) is 5.44. The Bertz CT molecular complexity index is 454. The molecule has 0 aliphatic carbocycles. The molecule has 23 heavy (non-hydrogen) atoms. The first-order valence-electron chi connectivity index (χ1n) is 6.70. The smallest absolute Gasteiger partial charge is 0.328 e. The number of carbonyl (C=O) groups is 4. The number of aliphatic hydroxyl groups is 2. The van der Waals surface area contributed by atoms with E-state index in [2.05, 4.69) is 5.32 Å². The fourth-order valence-corrected chi connectivity index (χ4v) is 1.53. The van der Waals surface area contributed by atoms with E-state index in [9.17, 15) is 24.3 Å². The highest BCUT2D eigenvalue weighted by molar-refractivity contribution is 5.92. The third-order valence-electron chi connectivity index (χ3n) is 2.87. The molecule has 2 amide bonds. The quantitative estimate of drug-likeness (QED) is 0.212. The van der Waals surface area contributed by atoms with Gasteiger partial charge in [0.1, 0.15) is 6.04 Å². The van der Waals surface area contributed by atoms with Crippen molar-refractivity contribution in [3.05, 3.63) is 0 Å². The van der Waals surface area contributed by atoms with Gasteiger partial charge in [-0.1, -0.05) is 0 Å². The molecule has 0 fully saturated rings. The summed E-state index contributed by atoms with van der Waals surface area (Å²) in [7, 11) is 0. The van der Waals surface area contributed by atoms with Gasteiger partial charge in [0, 0.05) is 6.42 Å². The summed E-state index contributed by atoms with van der Waals surface area (Å²) in [5, 5.41) is 39.7. The lowest BCUT2D eigenvalue weighted by Crippen LogP contribution is -2.57. The lowest BCUT2D eigenvalue weighted by Gasteiger charge is -2.22. The van der Waals surface area contributed by atoms with Crippen molar-refractivity contribution in [1.82, 2.24) is 10.6 Å². The number of carboxylic acids is 2. The summed E-state index contributed by atoms with van der Waals surface area (Å²) in [6, 6.07) is -4.31. The Morgan fingerprint density at radius 1 is 1.09 bits per heavy atom. The van der Waals surface area contributed by atoms with Crippen molar-refractivity contribution in [2.75, 3.05) is 6.61 Å². The molecule has 8 N–H and O–H groups in total. The van der Waals surface area contributed by atoms with Gasteiger partial charge in [-0.05, 0) is 13.3 Å². The average Bonchev–Trinajstić information content (AvgIpc) is 2.46. The minimum Gasteiger partial charge on any atom is -0.481 e. The number of amides is 2. The van der Waals surface area contributed by atoms with Crippen molar-refractivity contribution in [3.8, 4) is 0 Å². The van der Waals surface area contributed by atoms with E-state index in [-0.39, 0.29) is 12.8 Å². The van der Waals surface area contributed by atoms with E-state index in [4.69, 9.17) is 21.1 Å². The number of nitrogens with two attached hydrogens (primary N) is 1. The minimum atomic E-state index is -1.62. The van der Waals surface area contributed by atoms with Gasteiger partial charge in [-0.2, -0.15) is 0 Å². The molecule has 0 spiro atoms. The molecule has 0 aromatic heterocycles. The summed E-state index contributed by atoms with van der Waals surface area (Å²) in [6.45, 7) is 0.308. The maximum Gasteiger partial charge on any atom is 0.328 e. The molecular weight excluding hydrogens is 314 g/mol. The van der Waals surface area contributed by atoms with Crippen molar-refractivity contribution in [1.29, 1.82) is 0 Å². The largest absolute Gasteiger partial charge is 0.481 e. The second-order valence-corrected chi connectivity index (χ2v) is 4.85. The van der Waals surface area contributed by atoms with E-state index in [1.165, 1.54) is 0 Å². The van der Waals surface area contributed by atoms with Crippen LogP contribution < -0.4 is 16.4 Å². The van der Waals surface area contributed by atoms with Crippen molar-refractivity contribution < 1.29 is 39.6 Å². The van der Waals surface area contributed by atoms with E-state index in [1.54, 1.807) is 0 Å². The number of nitrogens with one attached hydrogen (secondary N) is 2. The van der Waals surface area contributed by atoms with Gasteiger partial charge in [0.2, 0.25) is 11.8 Å². The Hall–Kier alpha value is -2.24. The van der Waals surface area contributed by atoms with Crippen LogP contribution in [0, 0.1) is 0 Å². The third kappa shape index (κ3) is 7.54. The number of carboxylic acid groups (broad SMARTS) is 2. The Balaban J connectivity index is 4.69. The van der Waals surface area contributed by atoms with E-state index in [0.717, 1.165) is 6.92 Å². The molecule has 11 heteroatoms. The highest BCUT2D eigenvalue weighted by Gasteiger charge is 2.30. The standard InChI is InChI=1S/C12H21N3O8/c1-5(17)9(12(22)23)15-11(21)7(4-16)14-10(20)6(13)2-3-8(18)19/h5-7,9,16-17H,2-4,13H2,1H3,(H,14,20)(H,15,21)(H,18,19)(H,22,23)/t5-,6+,7-,9+/m1/s1. The van der Waals surface area contributed by atoms with E-state index in [0.29, 0.717) is 0 Å². The van der Waals surface area contributed by atoms with E-state index in [1.807, 2.05) is 5.32 Å². The molecule has 132 valence electrons. The van der Waals surface area contributed by atoms with Gasteiger partial charge < -0.3 is 36.8 Å². The van der Waals surface area contributed by atoms with Gasteiger partial charge in [-0.3, -0.25) is 14.4 Å². The van der Waals surface area contributed by atoms with E-state index < -0.39 is 54.6 Å². The molecule has 0 aliphatic heterocycles. The number of hydrogen-bond acceptors (Lipinski definition) is 7. The van der Waals surface area contributed by atoms with Crippen LogP contribution in [-0.2, 0) is 19.2 Å². The molecule has 0 saturated carbocycles. The van der Waals surface area contributed by atoms with Gasteiger partial charge in [0.05, 0.1) is 18.8 Å². The van der Waals surface area contributed by atoms with Gasteiger partial charge in [0.25, 0.3) is 0 Å². The first-order valence-corrected chi connectivity index (χ1v) is 6.70. The predicted molar refractivity (Wildman–Crippen MR) is 75.1 cm³/mol. The Morgan fingerprint density at radius 2 is 1.65 bits per heavy atom. The summed E-state index contributed by atoms with van der Waals surface area (Å²) < 4.78 is 0. The molecule has 0 rings (SSSR count). The van der Waals surface area contributed by atoms with Crippen LogP contribution >= 0.6 is 0 Å². The predicted octanol–water partition coefficient (Wildman–Crippen LogP) is -3.39. The van der Waals surface area contributed by atoms with Gasteiger partial charge >= 0.3 is 11.9 Å². The highest BCUT2D eigenvalue weighted by Crippen LogP contribution is 1.98. The molecule has 4 atom stereocenters.